The number of fused-ring (bicyclic) bond motifs is 3. The molecule has 0 aromatic heterocycles. The summed E-state index contributed by atoms with van der Waals surface area (Å²) in [5.41, 5.74) is 6.04. The summed E-state index contributed by atoms with van der Waals surface area (Å²) < 4.78 is 41.2. The van der Waals surface area contributed by atoms with Gasteiger partial charge in [0.1, 0.15) is 5.82 Å². The zero-order chi connectivity index (χ0) is 16.8. The molecule has 0 N–H and O–H groups in total. The number of aryl methyl sites for hydroxylation is 1. The predicted molar refractivity (Wildman–Crippen MR) is 89.4 cm³/mol. The van der Waals surface area contributed by atoms with Gasteiger partial charge in [-0.3, -0.25) is 0 Å². The van der Waals surface area contributed by atoms with Crippen LogP contribution in [-0.2, 0) is 12.8 Å². The zero-order valence-corrected chi connectivity index (χ0v) is 13.2. The summed E-state index contributed by atoms with van der Waals surface area (Å²) in [6.45, 7) is 2.10. The minimum Gasteiger partial charge on any atom is -0.206 e. The molecule has 0 radical (unpaired) electrons. The Morgan fingerprint density at radius 1 is 0.708 bits per heavy atom. The first-order chi connectivity index (χ1) is 11.6. The van der Waals surface area contributed by atoms with Crippen LogP contribution in [0.2, 0.25) is 0 Å². The molecule has 0 atom stereocenters. The van der Waals surface area contributed by atoms with Gasteiger partial charge in [0.25, 0.3) is 0 Å². The molecule has 1 aliphatic rings. The topological polar surface area (TPSA) is 0 Å². The molecule has 0 saturated heterocycles. The van der Waals surface area contributed by atoms with Gasteiger partial charge in [0.15, 0.2) is 11.6 Å². The Morgan fingerprint density at radius 2 is 1.50 bits per heavy atom. The quantitative estimate of drug-likeness (QED) is 0.430. The normalized spacial score (nSPS) is 12.2. The maximum atomic E-state index is 14.6. The maximum absolute atomic E-state index is 14.6. The highest BCUT2D eigenvalue weighted by atomic mass is 19.2. The van der Waals surface area contributed by atoms with Gasteiger partial charge < -0.3 is 0 Å². The highest BCUT2D eigenvalue weighted by molar-refractivity contribution is 5.80. The minimum absolute atomic E-state index is 0.302. The molecule has 0 heterocycles. The highest BCUT2D eigenvalue weighted by Crippen LogP contribution is 2.40. The van der Waals surface area contributed by atoms with E-state index in [4.69, 9.17) is 0 Å². The molecule has 0 amide bonds. The first kappa shape index (κ1) is 15.0. The van der Waals surface area contributed by atoms with E-state index in [1.165, 1.54) is 23.3 Å². The number of hydrogen-bond donors (Lipinski definition) is 0. The number of hydrogen-bond acceptors (Lipinski definition) is 0. The van der Waals surface area contributed by atoms with Gasteiger partial charge in [0.2, 0.25) is 0 Å². The van der Waals surface area contributed by atoms with E-state index in [0.717, 1.165) is 41.7 Å². The molecule has 0 unspecified atom stereocenters. The molecule has 120 valence electrons. The van der Waals surface area contributed by atoms with E-state index in [1.54, 1.807) is 6.07 Å². The lowest BCUT2D eigenvalue weighted by atomic mass is 9.98. The Morgan fingerprint density at radius 3 is 2.25 bits per heavy atom. The minimum atomic E-state index is -0.969. The third-order valence-electron chi connectivity index (χ3n) is 4.67. The van der Waals surface area contributed by atoms with Gasteiger partial charge in [-0.25, -0.2) is 13.2 Å². The van der Waals surface area contributed by atoms with Crippen LogP contribution in [0.5, 0.6) is 0 Å². The van der Waals surface area contributed by atoms with Crippen molar-refractivity contribution in [1.82, 2.24) is 0 Å². The Balaban J connectivity index is 1.83. The Labute approximate surface area is 138 Å². The molecule has 0 aliphatic heterocycles. The van der Waals surface area contributed by atoms with Crippen LogP contribution in [-0.4, -0.2) is 0 Å². The van der Waals surface area contributed by atoms with E-state index in [-0.39, 0.29) is 0 Å². The Kier molecular flexibility index (Phi) is 3.45. The first-order valence-electron chi connectivity index (χ1n) is 7.97. The van der Waals surface area contributed by atoms with Gasteiger partial charge in [-0.1, -0.05) is 31.2 Å². The molecule has 0 spiro atoms. The predicted octanol–water partition coefficient (Wildman–Crippen LogP) is 5.90. The molecule has 3 aromatic carbocycles. The van der Waals surface area contributed by atoms with Crippen LogP contribution in [0.3, 0.4) is 0 Å². The van der Waals surface area contributed by atoms with Gasteiger partial charge in [-0.05, 0) is 70.5 Å². The van der Waals surface area contributed by atoms with Crippen molar-refractivity contribution in [3.63, 3.8) is 0 Å². The SMILES string of the molecule is CCc1ccc2c(c1)Cc1cc(-c3ccc(F)c(F)c3)c(F)cc1-2. The fourth-order valence-corrected chi connectivity index (χ4v) is 3.38. The third kappa shape index (κ3) is 2.32. The zero-order valence-electron chi connectivity index (χ0n) is 13.2. The van der Waals surface area contributed by atoms with Crippen molar-refractivity contribution in [3.8, 4) is 22.3 Å². The summed E-state index contributed by atoms with van der Waals surface area (Å²) >= 11 is 0. The van der Waals surface area contributed by atoms with Gasteiger partial charge in [0.05, 0.1) is 0 Å². The lowest BCUT2D eigenvalue weighted by Gasteiger charge is -2.08. The first-order valence-corrected chi connectivity index (χ1v) is 7.97. The van der Waals surface area contributed by atoms with Crippen molar-refractivity contribution < 1.29 is 13.2 Å². The molecular formula is C21H15F3. The summed E-state index contributed by atoms with van der Waals surface area (Å²) in [5, 5.41) is 0. The van der Waals surface area contributed by atoms with Gasteiger partial charge in [-0.2, -0.15) is 0 Å². The van der Waals surface area contributed by atoms with Crippen molar-refractivity contribution in [2.45, 2.75) is 19.8 Å². The molecule has 3 aromatic rings. The summed E-state index contributed by atoms with van der Waals surface area (Å²) in [7, 11) is 0. The lowest BCUT2D eigenvalue weighted by Crippen LogP contribution is -1.91. The summed E-state index contributed by atoms with van der Waals surface area (Å²) in [6.07, 6.45) is 1.69. The lowest BCUT2D eigenvalue weighted by molar-refractivity contribution is 0.509. The summed E-state index contributed by atoms with van der Waals surface area (Å²) in [5.74, 6) is -2.32. The fraction of sp³-hybridized carbons (Fsp3) is 0.143. The molecule has 0 bridgehead atoms. The average Bonchev–Trinajstić information content (AvgIpc) is 2.93. The van der Waals surface area contributed by atoms with Gasteiger partial charge >= 0.3 is 0 Å². The van der Waals surface area contributed by atoms with Crippen LogP contribution < -0.4 is 0 Å². The van der Waals surface area contributed by atoms with Crippen molar-refractivity contribution in [3.05, 3.63) is 82.7 Å². The molecule has 4 rings (SSSR count). The molecule has 0 nitrogen and oxygen atoms in total. The number of halogens is 3. The molecule has 24 heavy (non-hydrogen) atoms. The van der Waals surface area contributed by atoms with Crippen LogP contribution in [0.1, 0.15) is 23.6 Å². The monoisotopic (exact) mass is 324 g/mol. The van der Waals surface area contributed by atoms with E-state index in [9.17, 15) is 13.2 Å². The largest absolute Gasteiger partial charge is 0.206 e. The van der Waals surface area contributed by atoms with Crippen LogP contribution in [0, 0.1) is 17.5 Å². The van der Waals surface area contributed by atoms with Crippen molar-refractivity contribution in [1.29, 1.82) is 0 Å². The van der Waals surface area contributed by atoms with E-state index in [1.807, 2.05) is 6.07 Å². The Hall–Kier alpha value is -2.55. The van der Waals surface area contributed by atoms with Gasteiger partial charge in [-0.15, -0.1) is 0 Å². The summed E-state index contributed by atoms with van der Waals surface area (Å²) in [6, 6.07) is 13.0. The highest BCUT2D eigenvalue weighted by Gasteiger charge is 2.22. The second-order valence-electron chi connectivity index (χ2n) is 6.14. The van der Waals surface area contributed by atoms with E-state index >= 15 is 0 Å². The Bertz CT molecular complexity index is 958. The van der Waals surface area contributed by atoms with Gasteiger partial charge in [0, 0.05) is 5.56 Å². The van der Waals surface area contributed by atoms with Crippen LogP contribution in [0.25, 0.3) is 22.3 Å². The number of rotatable bonds is 2. The summed E-state index contributed by atoms with van der Waals surface area (Å²) in [4.78, 5) is 0. The van der Waals surface area contributed by atoms with Crippen molar-refractivity contribution in [2.75, 3.05) is 0 Å². The molecule has 1 aliphatic carbocycles. The molecular weight excluding hydrogens is 309 g/mol. The van der Waals surface area contributed by atoms with Crippen LogP contribution in [0.15, 0.2) is 48.5 Å². The fourth-order valence-electron chi connectivity index (χ4n) is 3.38. The number of benzene rings is 3. The second kappa shape index (κ2) is 5.52. The smallest absolute Gasteiger partial charge is 0.159 e. The van der Waals surface area contributed by atoms with Crippen molar-refractivity contribution in [2.24, 2.45) is 0 Å². The molecule has 0 saturated carbocycles. The van der Waals surface area contributed by atoms with Crippen LogP contribution in [0.4, 0.5) is 13.2 Å². The van der Waals surface area contributed by atoms with Crippen molar-refractivity contribution >= 4 is 0 Å². The van der Waals surface area contributed by atoms with E-state index < -0.39 is 17.5 Å². The third-order valence-corrected chi connectivity index (χ3v) is 4.67. The average molecular weight is 324 g/mol. The van der Waals surface area contributed by atoms with Crippen LogP contribution >= 0.6 is 0 Å². The molecule has 0 fully saturated rings. The van der Waals surface area contributed by atoms with E-state index in [0.29, 0.717) is 11.1 Å². The second-order valence-corrected chi connectivity index (χ2v) is 6.14. The van der Waals surface area contributed by atoms with E-state index in [2.05, 4.69) is 19.1 Å². The maximum Gasteiger partial charge on any atom is 0.159 e. The standard InChI is InChI=1S/C21H15F3/c1-2-12-3-5-16-14(7-12)8-15-9-18(20(23)11-17(15)16)13-4-6-19(22)21(24)10-13/h3-7,9-11H,2,8H2,1H3. The molecule has 3 heteroatoms.